The summed E-state index contributed by atoms with van der Waals surface area (Å²) in [6.07, 6.45) is 3.63. The van der Waals surface area contributed by atoms with Crippen molar-refractivity contribution < 1.29 is 9.90 Å². The molecule has 18 heavy (non-hydrogen) atoms. The van der Waals surface area contributed by atoms with Gasteiger partial charge in [-0.25, -0.2) is 9.78 Å². The van der Waals surface area contributed by atoms with Crippen LogP contribution in [0.1, 0.15) is 41.5 Å². The van der Waals surface area contributed by atoms with Crippen LogP contribution in [0.25, 0.3) is 0 Å². The molecule has 0 saturated heterocycles. The van der Waals surface area contributed by atoms with E-state index < -0.39 is 5.97 Å². The van der Waals surface area contributed by atoms with E-state index in [4.69, 9.17) is 5.11 Å². The van der Waals surface area contributed by atoms with E-state index in [0.717, 1.165) is 11.4 Å². The zero-order chi connectivity index (χ0) is 13.1. The number of benzene rings is 1. The van der Waals surface area contributed by atoms with Crippen LogP contribution in [0.3, 0.4) is 0 Å². The van der Waals surface area contributed by atoms with Gasteiger partial charge in [-0.3, -0.25) is 0 Å². The van der Waals surface area contributed by atoms with Crippen LogP contribution in [0.5, 0.6) is 0 Å². The lowest BCUT2D eigenvalue weighted by Gasteiger charge is -2.12. The van der Waals surface area contributed by atoms with Crippen LogP contribution in [-0.4, -0.2) is 20.6 Å². The number of imidazole rings is 1. The summed E-state index contributed by atoms with van der Waals surface area (Å²) >= 11 is 0. The molecular weight excluding hydrogens is 228 g/mol. The highest BCUT2D eigenvalue weighted by molar-refractivity contribution is 5.89. The van der Waals surface area contributed by atoms with Crippen molar-refractivity contribution in [1.29, 1.82) is 0 Å². The summed E-state index contributed by atoms with van der Waals surface area (Å²) in [5.74, 6) is 0.393. The van der Waals surface area contributed by atoms with E-state index in [1.807, 2.05) is 22.9 Å². The Morgan fingerprint density at radius 1 is 1.39 bits per heavy atom. The van der Waals surface area contributed by atoms with E-state index in [2.05, 4.69) is 18.8 Å². The SMILES string of the molecule is CC(C)c1nccn1Cc1ccccc1C(=O)O. The molecule has 2 rings (SSSR count). The molecule has 4 heteroatoms. The van der Waals surface area contributed by atoms with E-state index in [9.17, 15) is 4.79 Å². The number of rotatable bonds is 4. The second-order valence-electron chi connectivity index (χ2n) is 4.53. The molecule has 94 valence electrons. The average molecular weight is 244 g/mol. The molecule has 1 heterocycles. The van der Waals surface area contributed by atoms with Gasteiger partial charge in [0.1, 0.15) is 5.82 Å². The molecule has 1 aromatic carbocycles. The molecule has 0 spiro atoms. The Bertz CT molecular complexity index is 558. The fourth-order valence-corrected chi connectivity index (χ4v) is 2.01. The predicted octanol–water partition coefficient (Wildman–Crippen LogP) is 2.75. The van der Waals surface area contributed by atoms with Gasteiger partial charge in [0, 0.05) is 24.9 Å². The largest absolute Gasteiger partial charge is 0.478 e. The fourth-order valence-electron chi connectivity index (χ4n) is 2.01. The van der Waals surface area contributed by atoms with Crippen molar-refractivity contribution in [3.05, 3.63) is 53.6 Å². The molecule has 0 bridgehead atoms. The molecule has 0 aliphatic carbocycles. The summed E-state index contributed by atoms with van der Waals surface area (Å²) in [7, 11) is 0. The molecular formula is C14H16N2O2. The van der Waals surface area contributed by atoms with Crippen molar-refractivity contribution in [3.8, 4) is 0 Å². The summed E-state index contributed by atoms with van der Waals surface area (Å²) in [6, 6.07) is 7.06. The maximum absolute atomic E-state index is 11.1. The van der Waals surface area contributed by atoms with E-state index in [1.54, 1.807) is 18.3 Å². The van der Waals surface area contributed by atoms with Gasteiger partial charge >= 0.3 is 5.97 Å². The summed E-state index contributed by atoms with van der Waals surface area (Å²) in [4.78, 5) is 15.4. The van der Waals surface area contributed by atoms with Gasteiger partial charge in [-0.1, -0.05) is 32.0 Å². The lowest BCUT2D eigenvalue weighted by Crippen LogP contribution is -2.09. The second kappa shape index (κ2) is 5.04. The van der Waals surface area contributed by atoms with Gasteiger partial charge < -0.3 is 9.67 Å². The van der Waals surface area contributed by atoms with Crippen LogP contribution in [-0.2, 0) is 6.54 Å². The standard InChI is InChI=1S/C14H16N2O2/c1-10(2)13-15-7-8-16(13)9-11-5-3-4-6-12(11)14(17)18/h3-8,10H,9H2,1-2H3,(H,17,18). The van der Waals surface area contributed by atoms with Crippen LogP contribution in [0.15, 0.2) is 36.7 Å². The zero-order valence-electron chi connectivity index (χ0n) is 10.5. The number of carboxylic acids is 1. The smallest absolute Gasteiger partial charge is 0.336 e. The third-order valence-electron chi connectivity index (χ3n) is 2.85. The molecule has 0 atom stereocenters. The van der Waals surface area contributed by atoms with Crippen molar-refractivity contribution in [2.24, 2.45) is 0 Å². The minimum Gasteiger partial charge on any atom is -0.478 e. The Morgan fingerprint density at radius 2 is 2.11 bits per heavy atom. The molecule has 0 unspecified atom stereocenters. The van der Waals surface area contributed by atoms with Gasteiger partial charge in [-0.15, -0.1) is 0 Å². The van der Waals surface area contributed by atoms with Crippen LogP contribution >= 0.6 is 0 Å². The van der Waals surface area contributed by atoms with Crippen molar-refractivity contribution in [3.63, 3.8) is 0 Å². The average Bonchev–Trinajstić information content (AvgIpc) is 2.77. The molecule has 1 N–H and O–H groups in total. The van der Waals surface area contributed by atoms with E-state index in [1.165, 1.54) is 0 Å². The molecule has 0 radical (unpaired) electrons. The molecule has 1 aromatic heterocycles. The highest BCUT2D eigenvalue weighted by Gasteiger charge is 2.12. The minimum absolute atomic E-state index is 0.317. The van der Waals surface area contributed by atoms with Crippen molar-refractivity contribution in [2.45, 2.75) is 26.3 Å². The number of nitrogens with zero attached hydrogens (tertiary/aromatic N) is 2. The van der Waals surface area contributed by atoms with Gasteiger partial charge in [0.2, 0.25) is 0 Å². The van der Waals surface area contributed by atoms with Crippen molar-refractivity contribution >= 4 is 5.97 Å². The fraction of sp³-hybridized carbons (Fsp3) is 0.286. The van der Waals surface area contributed by atoms with Crippen LogP contribution in [0.4, 0.5) is 0 Å². The Hall–Kier alpha value is -2.10. The monoisotopic (exact) mass is 244 g/mol. The van der Waals surface area contributed by atoms with E-state index in [0.29, 0.717) is 18.0 Å². The maximum Gasteiger partial charge on any atom is 0.336 e. The molecule has 0 amide bonds. The first-order chi connectivity index (χ1) is 8.59. The predicted molar refractivity (Wildman–Crippen MR) is 68.8 cm³/mol. The number of hydrogen-bond donors (Lipinski definition) is 1. The van der Waals surface area contributed by atoms with Crippen LogP contribution < -0.4 is 0 Å². The van der Waals surface area contributed by atoms with Crippen LogP contribution in [0.2, 0.25) is 0 Å². The minimum atomic E-state index is -0.892. The normalized spacial score (nSPS) is 10.8. The molecule has 0 fully saturated rings. The molecule has 2 aromatic rings. The highest BCUT2D eigenvalue weighted by atomic mass is 16.4. The third-order valence-corrected chi connectivity index (χ3v) is 2.85. The van der Waals surface area contributed by atoms with E-state index in [-0.39, 0.29) is 0 Å². The number of aromatic carboxylic acids is 1. The zero-order valence-corrected chi connectivity index (χ0v) is 10.5. The lowest BCUT2D eigenvalue weighted by atomic mass is 10.1. The van der Waals surface area contributed by atoms with Crippen molar-refractivity contribution in [2.75, 3.05) is 0 Å². The summed E-state index contributed by atoms with van der Waals surface area (Å²) in [5.41, 5.74) is 1.14. The molecule has 0 aliphatic rings. The maximum atomic E-state index is 11.1. The van der Waals surface area contributed by atoms with Gasteiger partial charge in [-0.2, -0.15) is 0 Å². The van der Waals surface area contributed by atoms with Crippen molar-refractivity contribution in [1.82, 2.24) is 9.55 Å². The van der Waals surface area contributed by atoms with Gasteiger partial charge in [0.15, 0.2) is 0 Å². The first-order valence-electron chi connectivity index (χ1n) is 5.92. The summed E-state index contributed by atoms with van der Waals surface area (Å²) in [6.45, 7) is 4.68. The topological polar surface area (TPSA) is 55.1 Å². The number of carboxylic acid groups (broad SMARTS) is 1. The highest BCUT2D eigenvalue weighted by Crippen LogP contribution is 2.16. The number of hydrogen-bond acceptors (Lipinski definition) is 2. The number of aromatic nitrogens is 2. The Balaban J connectivity index is 2.34. The summed E-state index contributed by atoms with van der Waals surface area (Å²) in [5, 5.41) is 9.15. The third kappa shape index (κ3) is 2.42. The van der Waals surface area contributed by atoms with Crippen LogP contribution in [0, 0.1) is 0 Å². The molecule has 4 nitrogen and oxygen atoms in total. The molecule has 0 saturated carbocycles. The number of carbonyl (C=O) groups is 1. The quantitative estimate of drug-likeness (QED) is 0.899. The van der Waals surface area contributed by atoms with Gasteiger partial charge in [-0.05, 0) is 11.6 Å². The second-order valence-corrected chi connectivity index (χ2v) is 4.53. The van der Waals surface area contributed by atoms with Gasteiger partial charge in [0.25, 0.3) is 0 Å². The van der Waals surface area contributed by atoms with Gasteiger partial charge in [0.05, 0.1) is 5.56 Å². The van der Waals surface area contributed by atoms with E-state index >= 15 is 0 Å². The Morgan fingerprint density at radius 3 is 2.78 bits per heavy atom. The first kappa shape index (κ1) is 12.4. The molecule has 0 aliphatic heterocycles. The Labute approximate surface area is 106 Å². The lowest BCUT2D eigenvalue weighted by molar-refractivity contribution is 0.0695. The first-order valence-corrected chi connectivity index (χ1v) is 5.92. The Kier molecular flexibility index (Phi) is 3.46. The summed E-state index contributed by atoms with van der Waals surface area (Å²) < 4.78 is 1.99.